The maximum absolute atomic E-state index is 13.1. The third-order valence-corrected chi connectivity index (χ3v) is 23.9. The molecule has 12 rings (SSSR count). The second-order valence-electron chi connectivity index (χ2n) is 21.8. The van der Waals surface area contributed by atoms with Gasteiger partial charge < -0.3 is 36.0 Å². The lowest BCUT2D eigenvalue weighted by Gasteiger charge is -2.15. The number of anilines is 5. The molecule has 0 saturated carbocycles. The van der Waals surface area contributed by atoms with Crippen LogP contribution in [-0.4, -0.2) is 73.2 Å². The predicted octanol–water partition coefficient (Wildman–Crippen LogP) is 19.7. The van der Waals surface area contributed by atoms with Gasteiger partial charge in [0, 0.05) is 63.3 Å². The largest absolute Gasteiger partial charge is 0.512 e. The summed E-state index contributed by atoms with van der Waals surface area (Å²) in [5.74, 6) is 0.115. The highest BCUT2D eigenvalue weighted by Crippen LogP contribution is 2.44. The minimum absolute atomic E-state index is 0.00645. The quantitative estimate of drug-likeness (QED) is 0.0153. The molecule has 0 fully saturated rings. The number of aliphatic hydroxyl groups is 3. The number of halogens is 1. The van der Waals surface area contributed by atoms with Crippen molar-refractivity contribution in [2.24, 2.45) is 0 Å². The standard InChI is InChI=1S/C25H20FNO4S3.C25H22N2O4S2.C25H21NO4S3/c1-16(28)15-32-24-14-23(21-4-2-3-5-22(21)25(24)29)27-34(30,31)20-12-10-19(11-13-20)33-18-8-6-17(26)7-9-18;1-17(28)16-32-24-15-23(21-9-5-6-10-22(21)25(24)29)27-33(30,31)20-13-11-19(12-14-20)26-18-7-3-2-4-8-18;1-17(27)16-31-24-15-23(21-9-5-6-10-22(21)25(24)28)26-33(29,30)20-13-11-19(12-14-20)32-18-7-3-2-4-8-18/h2-14,27-29H,1,15H2;2-15,26-29H,1,16H2;2-15,26-28H,1,16H2. The van der Waals surface area contributed by atoms with Crippen LogP contribution in [0.25, 0.3) is 32.3 Å². The van der Waals surface area contributed by atoms with Crippen LogP contribution in [0.3, 0.4) is 0 Å². The molecule has 0 radical (unpaired) electrons. The Labute approximate surface area is 599 Å². The van der Waals surface area contributed by atoms with Gasteiger partial charge in [-0.2, -0.15) is 0 Å². The van der Waals surface area contributed by atoms with E-state index >= 15 is 0 Å². The molecule has 25 heteroatoms. The normalized spacial score (nSPS) is 11.4. The van der Waals surface area contributed by atoms with Gasteiger partial charge in [0.1, 0.15) is 23.1 Å². The SMILES string of the molecule is C=C(O)CSc1cc(NS(=O)(=O)c2ccc(Nc3ccccc3)cc2)c2ccccc2c1O.C=C(O)CSc1cc(NS(=O)(=O)c2ccc(Sc3ccc(F)cc3)cc2)c2ccccc2c1O.C=C(O)CSc1cc(NS(=O)(=O)c2ccc(Sc3ccccc3)cc2)c2ccccc2c1O. The Morgan fingerprint density at radius 3 is 0.920 bits per heavy atom. The third kappa shape index (κ3) is 19.1. The fraction of sp³-hybridized carbons (Fsp3) is 0.0400. The molecule has 0 atom stereocenters. The molecule has 0 amide bonds. The first-order chi connectivity index (χ1) is 47.9. The highest BCUT2D eigenvalue weighted by molar-refractivity contribution is 8.00. The molecule has 0 aliphatic rings. The lowest BCUT2D eigenvalue weighted by atomic mass is 10.1. The maximum Gasteiger partial charge on any atom is 0.261 e. The highest BCUT2D eigenvalue weighted by Gasteiger charge is 2.23. The summed E-state index contributed by atoms with van der Waals surface area (Å²) in [6.07, 6.45) is 0. The summed E-state index contributed by atoms with van der Waals surface area (Å²) >= 11 is 6.43. The predicted molar refractivity (Wildman–Crippen MR) is 407 cm³/mol. The van der Waals surface area contributed by atoms with Crippen LogP contribution in [0.2, 0.25) is 0 Å². The number of aromatic hydroxyl groups is 3. The number of nitrogens with one attached hydrogen (secondary N) is 4. The Hall–Kier alpha value is -9.83. The molecule has 10 N–H and O–H groups in total. The molecule has 0 aromatic heterocycles. The molecule has 12 aromatic rings. The molecule has 510 valence electrons. The summed E-state index contributed by atoms with van der Waals surface area (Å²) in [7, 11) is -11.7. The number of phenolic OH excluding ortho intramolecular Hbond substituents is 3. The van der Waals surface area contributed by atoms with Gasteiger partial charge in [-0.25, -0.2) is 29.6 Å². The van der Waals surface area contributed by atoms with Crippen molar-refractivity contribution >= 4 is 150 Å². The van der Waals surface area contributed by atoms with Crippen LogP contribution in [0.5, 0.6) is 17.2 Å². The molecule has 0 heterocycles. The Morgan fingerprint density at radius 1 is 0.340 bits per heavy atom. The van der Waals surface area contributed by atoms with E-state index in [0.29, 0.717) is 64.1 Å². The van der Waals surface area contributed by atoms with Gasteiger partial charge in [-0.05, 0) is 140 Å². The fourth-order valence-electron chi connectivity index (χ4n) is 9.72. The van der Waals surface area contributed by atoms with Crippen molar-refractivity contribution in [1.82, 2.24) is 0 Å². The molecule has 16 nitrogen and oxygen atoms in total. The van der Waals surface area contributed by atoms with E-state index < -0.39 is 30.1 Å². The maximum atomic E-state index is 13.1. The number of rotatable bonds is 24. The van der Waals surface area contributed by atoms with Crippen molar-refractivity contribution < 1.29 is 60.3 Å². The summed E-state index contributed by atoms with van der Waals surface area (Å²) in [5.41, 5.74) is 2.65. The van der Waals surface area contributed by atoms with Crippen LogP contribution in [0.4, 0.5) is 32.8 Å². The van der Waals surface area contributed by atoms with Crippen LogP contribution in [-0.2, 0) is 30.1 Å². The van der Waals surface area contributed by atoms with E-state index in [4.69, 9.17) is 0 Å². The number of hydrogen-bond donors (Lipinski definition) is 10. The Kier molecular flexibility index (Phi) is 24.0. The van der Waals surface area contributed by atoms with Gasteiger partial charge in [-0.15, -0.1) is 35.3 Å². The average molecular weight is 1490 g/mol. The van der Waals surface area contributed by atoms with Crippen molar-refractivity contribution in [2.45, 2.75) is 49.0 Å². The Morgan fingerprint density at radius 2 is 0.600 bits per heavy atom. The van der Waals surface area contributed by atoms with E-state index in [9.17, 15) is 60.3 Å². The third-order valence-electron chi connectivity index (χ3n) is 14.4. The zero-order chi connectivity index (χ0) is 71.1. The van der Waals surface area contributed by atoms with Crippen molar-refractivity contribution in [3.63, 3.8) is 0 Å². The molecule has 0 unspecified atom stereocenters. The topological polar surface area (TPSA) is 272 Å². The van der Waals surface area contributed by atoms with E-state index in [1.807, 2.05) is 60.7 Å². The minimum Gasteiger partial charge on any atom is -0.512 e. The first-order valence-corrected chi connectivity index (χ1v) is 39.0. The van der Waals surface area contributed by atoms with Gasteiger partial charge in [-0.1, -0.05) is 152 Å². The van der Waals surface area contributed by atoms with Gasteiger partial charge in [-0.3, -0.25) is 14.2 Å². The second-order valence-corrected chi connectivity index (χ2v) is 32.2. The molecular weight excluding hydrogens is 1420 g/mol. The Balaban J connectivity index is 0.000000162. The molecular formula is C75H63FN4O12S8. The monoisotopic (exact) mass is 1490 g/mol. The molecule has 100 heavy (non-hydrogen) atoms. The van der Waals surface area contributed by atoms with E-state index in [0.717, 1.165) is 42.7 Å². The minimum atomic E-state index is -3.93. The zero-order valence-corrected chi connectivity index (χ0v) is 59.2. The highest BCUT2D eigenvalue weighted by atomic mass is 32.2. The van der Waals surface area contributed by atoms with Crippen molar-refractivity contribution in [2.75, 3.05) is 36.7 Å². The van der Waals surface area contributed by atoms with Gasteiger partial charge in [0.25, 0.3) is 30.1 Å². The number of fused-ring (bicyclic) bond motifs is 3. The van der Waals surface area contributed by atoms with Crippen LogP contribution in [0.15, 0.2) is 335 Å². The van der Waals surface area contributed by atoms with Crippen molar-refractivity contribution in [3.05, 3.63) is 292 Å². The van der Waals surface area contributed by atoms with Gasteiger partial charge >= 0.3 is 0 Å². The second kappa shape index (κ2) is 32.9. The van der Waals surface area contributed by atoms with Crippen molar-refractivity contribution in [3.8, 4) is 17.2 Å². The summed E-state index contributed by atoms with van der Waals surface area (Å²) in [4.78, 5) is 5.25. The number of para-hydroxylation sites is 1. The van der Waals surface area contributed by atoms with Crippen LogP contribution >= 0.6 is 58.8 Å². The number of benzene rings is 12. The van der Waals surface area contributed by atoms with Crippen LogP contribution in [0, 0.1) is 5.82 Å². The van der Waals surface area contributed by atoms with E-state index in [-0.39, 0.29) is 72.3 Å². The average Bonchev–Trinajstić information content (AvgIpc) is 0.787. The number of sulfonamides is 3. The smallest absolute Gasteiger partial charge is 0.261 e. The van der Waals surface area contributed by atoms with Crippen LogP contribution < -0.4 is 19.5 Å². The van der Waals surface area contributed by atoms with E-state index in [2.05, 4.69) is 39.2 Å². The molecule has 0 spiro atoms. The first-order valence-electron chi connectivity index (χ1n) is 30.0. The molecule has 0 saturated heterocycles. The van der Waals surface area contributed by atoms with E-state index in [1.165, 1.54) is 71.7 Å². The molecule has 0 aliphatic heterocycles. The van der Waals surface area contributed by atoms with Gasteiger partial charge in [0.2, 0.25) is 0 Å². The summed E-state index contributed by atoms with van der Waals surface area (Å²) in [6.45, 7) is 10.4. The van der Waals surface area contributed by atoms with E-state index in [1.54, 1.807) is 163 Å². The van der Waals surface area contributed by atoms with Crippen molar-refractivity contribution in [1.29, 1.82) is 0 Å². The number of phenols is 3. The Bertz CT molecular complexity index is 5100. The first kappa shape index (κ1) is 72.9. The lowest BCUT2D eigenvalue weighted by Crippen LogP contribution is -2.13. The van der Waals surface area contributed by atoms with Gasteiger partial charge in [0.15, 0.2) is 0 Å². The zero-order valence-electron chi connectivity index (χ0n) is 52.7. The van der Waals surface area contributed by atoms with Gasteiger partial charge in [0.05, 0.1) is 81.0 Å². The summed E-state index contributed by atoms with van der Waals surface area (Å²) in [6, 6.07) is 70.6. The number of aliphatic hydroxyl groups excluding tert-OH is 3. The summed E-state index contributed by atoms with van der Waals surface area (Å²) < 4.78 is 99.8. The number of thioether (sulfide) groups is 3. The lowest BCUT2D eigenvalue weighted by molar-refractivity contribution is 0.419. The number of hydrogen-bond acceptors (Lipinski definition) is 18. The summed E-state index contributed by atoms with van der Waals surface area (Å²) in [5, 5.41) is 66.6. The van der Waals surface area contributed by atoms with Crippen LogP contribution in [0.1, 0.15) is 0 Å². The molecule has 0 aliphatic carbocycles. The molecule has 12 aromatic carbocycles. The fourth-order valence-corrected chi connectivity index (χ4v) is 16.9. The molecule has 0 bridgehead atoms.